The summed E-state index contributed by atoms with van der Waals surface area (Å²) in [5, 5.41) is 3.53. The molecule has 0 amide bonds. The number of ether oxygens (including phenoxy) is 1. The van der Waals surface area contributed by atoms with Crippen LogP contribution in [0.2, 0.25) is 0 Å². The van der Waals surface area contributed by atoms with Gasteiger partial charge in [0.05, 0.1) is 0 Å². The van der Waals surface area contributed by atoms with Crippen molar-refractivity contribution in [3.63, 3.8) is 0 Å². The highest BCUT2D eigenvalue weighted by Crippen LogP contribution is 2.24. The molecular weight excluding hydrogens is 260 g/mol. The molecule has 0 unspecified atom stereocenters. The molecule has 2 saturated heterocycles. The molecule has 2 aliphatic heterocycles. The average Bonchev–Trinajstić information content (AvgIpc) is 3.04. The maximum Gasteiger partial charge on any atom is 0.0480 e. The monoisotopic (exact) mass is 288 g/mol. The van der Waals surface area contributed by atoms with E-state index in [4.69, 9.17) is 4.74 Å². The summed E-state index contributed by atoms with van der Waals surface area (Å²) in [7, 11) is 0. The van der Waals surface area contributed by atoms with Crippen LogP contribution in [-0.4, -0.2) is 43.3 Å². The molecule has 2 heterocycles. The SMILES string of the molecule is Cc1cccc(CN(C2CCOCC2)[C@H]2CCNC2)c1C. The fourth-order valence-electron chi connectivity index (χ4n) is 3.68. The molecule has 2 fully saturated rings. The number of benzene rings is 1. The number of hydrogen-bond acceptors (Lipinski definition) is 3. The van der Waals surface area contributed by atoms with Gasteiger partial charge in [-0.3, -0.25) is 4.90 Å². The van der Waals surface area contributed by atoms with Gasteiger partial charge in [-0.25, -0.2) is 0 Å². The number of nitrogens with one attached hydrogen (secondary N) is 1. The molecule has 0 aliphatic carbocycles. The maximum atomic E-state index is 5.56. The van der Waals surface area contributed by atoms with E-state index in [0.29, 0.717) is 12.1 Å². The molecule has 1 atom stereocenters. The van der Waals surface area contributed by atoms with E-state index in [1.807, 2.05) is 0 Å². The topological polar surface area (TPSA) is 24.5 Å². The Morgan fingerprint density at radius 2 is 1.95 bits per heavy atom. The Hall–Kier alpha value is -0.900. The molecule has 1 N–H and O–H groups in total. The highest BCUT2D eigenvalue weighted by Gasteiger charge is 2.30. The normalized spacial score (nSPS) is 23.9. The van der Waals surface area contributed by atoms with Crippen LogP contribution in [0.15, 0.2) is 18.2 Å². The lowest BCUT2D eigenvalue weighted by molar-refractivity contribution is 0.0158. The lowest BCUT2D eigenvalue weighted by Gasteiger charge is -2.38. The van der Waals surface area contributed by atoms with Crippen LogP contribution in [0.1, 0.15) is 36.0 Å². The van der Waals surface area contributed by atoms with Gasteiger partial charge in [-0.15, -0.1) is 0 Å². The molecule has 0 bridgehead atoms. The summed E-state index contributed by atoms with van der Waals surface area (Å²) >= 11 is 0. The Balaban J connectivity index is 1.79. The van der Waals surface area contributed by atoms with Crippen molar-refractivity contribution >= 4 is 0 Å². The second kappa shape index (κ2) is 6.91. The van der Waals surface area contributed by atoms with Gasteiger partial charge in [0, 0.05) is 38.4 Å². The summed E-state index contributed by atoms with van der Waals surface area (Å²) in [5.41, 5.74) is 4.36. The molecule has 1 aromatic carbocycles. The predicted molar refractivity (Wildman–Crippen MR) is 86.6 cm³/mol. The zero-order valence-corrected chi connectivity index (χ0v) is 13.4. The van der Waals surface area contributed by atoms with Gasteiger partial charge in [0.15, 0.2) is 0 Å². The number of rotatable bonds is 4. The van der Waals surface area contributed by atoms with Gasteiger partial charge < -0.3 is 10.1 Å². The standard InChI is InChI=1S/C18H28N2O/c1-14-4-3-5-16(15(14)2)13-20(18-6-9-19-12-18)17-7-10-21-11-8-17/h3-5,17-19H,6-13H2,1-2H3/t18-/m0/s1. The number of hydrogen-bond donors (Lipinski definition) is 1. The molecule has 116 valence electrons. The smallest absolute Gasteiger partial charge is 0.0480 e. The van der Waals surface area contributed by atoms with E-state index >= 15 is 0 Å². The van der Waals surface area contributed by atoms with Gasteiger partial charge in [-0.1, -0.05) is 18.2 Å². The van der Waals surface area contributed by atoms with Crippen LogP contribution in [-0.2, 0) is 11.3 Å². The minimum atomic E-state index is 0.684. The first-order valence-corrected chi connectivity index (χ1v) is 8.35. The molecule has 3 rings (SSSR count). The van der Waals surface area contributed by atoms with E-state index in [9.17, 15) is 0 Å². The van der Waals surface area contributed by atoms with Crippen LogP contribution in [0, 0.1) is 13.8 Å². The summed E-state index contributed by atoms with van der Waals surface area (Å²) in [5.74, 6) is 0. The Morgan fingerprint density at radius 1 is 1.14 bits per heavy atom. The van der Waals surface area contributed by atoms with Crippen molar-refractivity contribution in [1.82, 2.24) is 10.2 Å². The first-order chi connectivity index (χ1) is 10.3. The van der Waals surface area contributed by atoms with Crippen molar-refractivity contribution in [1.29, 1.82) is 0 Å². The van der Waals surface area contributed by atoms with Gasteiger partial charge in [0.25, 0.3) is 0 Å². The lowest BCUT2D eigenvalue weighted by atomic mass is 9.99. The molecule has 0 aromatic heterocycles. The fourth-order valence-corrected chi connectivity index (χ4v) is 3.68. The summed E-state index contributed by atoms with van der Waals surface area (Å²) in [4.78, 5) is 2.75. The lowest BCUT2D eigenvalue weighted by Crippen LogP contribution is -2.46. The zero-order valence-electron chi connectivity index (χ0n) is 13.4. The second-order valence-electron chi connectivity index (χ2n) is 6.52. The predicted octanol–water partition coefficient (Wildman–Crippen LogP) is 2.65. The van der Waals surface area contributed by atoms with Crippen LogP contribution in [0.25, 0.3) is 0 Å². The Kier molecular flexibility index (Phi) is 4.94. The van der Waals surface area contributed by atoms with E-state index < -0.39 is 0 Å². The Bertz CT molecular complexity index is 462. The highest BCUT2D eigenvalue weighted by molar-refractivity contribution is 5.33. The molecular formula is C18H28N2O. The maximum absolute atomic E-state index is 5.56. The number of nitrogens with zero attached hydrogens (tertiary/aromatic N) is 1. The minimum absolute atomic E-state index is 0.684. The quantitative estimate of drug-likeness (QED) is 0.922. The third-order valence-corrected chi connectivity index (χ3v) is 5.23. The van der Waals surface area contributed by atoms with Crippen LogP contribution < -0.4 is 5.32 Å². The highest BCUT2D eigenvalue weighted by atomic mass is 16.5. The van der Waals surface area contributed by atoms with Gasteiger partial charge in [0.2, 0.25) is 0 Å². The molecule has 3 heteroatoms. The van der Waals surface area contributed by atoms with E-state index in [0.717, 1.165) is 32.8 Å². The van der Waals surface area contributed by atoms with E-state index in [-0.39, 0.29) is 0 Å². The average molecular weight is 288 g/mol. The summed E-state index contributed by atoms with van der Waals surface area (Å²) in [6, 6.07) is 8.09. The van der Waals surface area contributed by atoms with Gasteiger partial charge >= 0.3 is 0 Å². The summed E-state index contributed by atoms with van der Waals surface area (Å²) in [6.45, 7) is 9.72. The zero-order chi connectivity index (χ0) is 14.7. The molecule has 0 saturated carbocycles. The summed E-state index contributed by atoms with van der Waals surface area (Å²) < 4.78 is 5.56. The van der Waals surface area contributed by atoms with E-state index in [2.05, 4.69) is 42.3 Å². The Morgan fingerprint density at radius 3 is 2.67 bits per heavy atom. The van der Waals surface area contributed by atoms with Crippen molar-refractivity contribution in [3.8, 4) is 0 Å². The van der Waals surface area contributed by atoms with Crippen LogP contribution >= 0.6 is 0 Å². The van der Waals surface area contributed by atoms with Crippen LogP contribution in [0.4, 0.5) is 0 Å². The first-order valence-electron chi connectivity index (χ1n) is 8.35. The van der Waals surface area contributed by atoms with Crippen molar-refractivity contribution in [2.75, 3.05) is 26.3 Å². The minimum Gasteiger partial charge on any atom is -0.381 e. The third kappa shape index (κ3) is 3.47. The van der Waals surface area contributed by atoms with E-state index in [1.54, 1.807) is 0 Å². The van der Waals surface area contributed by atoms with Gasteiger partial charge in [0.1, 0.15) is 0 Å². The second-order valence-corrected chi connectivity index (χ2v) is 6.52. The van der Waals surface area contributed by atoms with Gasteiger partial charge in [-0.05, 0) is 56.3 Å². The largest absolute Gasteiger partial charge is 0.381 e. The molecule has 21 heavy (non-hydrogen) atoms. The van der Waals surface area contributed by atoms with Crippen molar-refractivity contribution in [3.05, 3.63) is 34.9 Å². The molecule has 0 spiro atoms. The Labute approximate surface area is 128 Å². The van der Waals surface area contributed by atoms with Crippen molar-refractivity contribution in [2.24, 2.45) is 0 Å². The molecule has 1 aromatic rings. The van der Waals surface area contributed by atoms with Gasteiger partial charge in [-0.2, -0.15) is 0 Å². The fraction of sp³-hybridized carbons (Fsp3) is 0.667. The molecule has 3 nitrogen and oxygen atoms in total. The summed E-state index contributed by atoms with van der Waals surface area (Å²) in [6.07, 6.45) is 3.64. The van der Waals surface area contributed by atoms with Crippen molar-refractivity contribution in [2.45, 2.75) is 51.7 Å². The van der Waals surface area contributed by atoms with E-state index in [1.165, 1.54) is 36.0 Å². The van der Waals surface area contributed by atoms with Crippen LogP contribution in [0.3, 0.4) is 0 Å². The first kappa shape index (κ1) is 15.0. The molecule has 0 radical (unpaired) electrons. The van der Waals surface area contributed by atoms with Crippen LogP contribution in [0.5, 0.6) is 0 Å². The third-order valence-electron chi connectivity index (χ3n) is 5.23. The number of aryl methyl sites for hydroxylation is 1. The van der Waals surface area contributed by atoms with Crippen molar-refractivity contribution < 1.29 is 4.74 Å². The molecule has 2 aliphatic rings.